The van der Waals surface area contributed by atoms with Gasteiger partial charge in [0, 0.05) is 23.7 Å². The summed E-state index contributed by atoms with van der Waals surface area (Å²) in [6.07, 6.45) is 6.86. The van der Waals surface area contributed by atoms with Crippen LogP contribution in [0.3, 0.4) is 0 Å². The molecule has 0 aromatic heterocycles. The molecule has 0 unspecified atom stereocenters. The van der Waals surface area contributed by atoms with Gasteiger partial charge >= 0.3 is 0 Å². The van der Waals surface area contributed by atoms with Crippen molar-refractivity contribution in [2.75, 3.05) is 6.54 Å². The topological polar surface area (TPSA) is 20.3 Å². The zero-order valence-electron chi connectivity index (χ0n) is 10.6. The van der Waals surface area contributed by atoms with Gasteiger partial charge in [-0.15, -0.1) is 0 Å². The van der Waals surface area contributed by atoms with Crippen LogP contribution in [-0.2, 0) is 4.79 Å². The number of hydrogen-bond acceptors (Lipinski definition) is 1. The van der Waals surface area contributed by atoms with Crippen molar-refractivity contribution in [3.05, 3.63) is 40.9 Å². The van der Waals surface area contributed by atoms with Gasteiger partial charge in [-0.1, -0.05) is 29.8 Å². The minimum absolute atomic E-state index is 0.0853. The summed E-state index contributed by atoms with van der Waals surface area (Å²) in [6.45, 7) is 2.98. The van der Waals surface area contributed by atoms with Crippen molar-refractivity contribution >= 4 is 23.6 Å². The number of hydrogen-bond donors (Lipinski definition) is 0. The maximum Gasteiger partial charge on any atom is 0.246 e. The van der Waals surface area contributed by atoms with Crippen molar-refractivity contribution < 1.29 is 4.79 Å². The molecule has 1 atom stereocenters. The van der Waals surface area contributed by atoms with Gasteiger partial charge in [0.2, 0.25) is 5.91 Å². The third-order valence-corrected chi connectivity index (χ3v) is 3.74. The van der Waals surface area contributed by atoms with Crippen LogP contribution in [0.5, 0.6) is 0 Å². The average molecular weight is 264 g/mol. The summed E-state index contributed by atoms with van der Waals surface area (Å²) in [4.78, 5) is 14.0. The van der Waals surface area contributed by atoms with Crippen LogP contribution in [0.2, 0.25) is 5.02 Å². The molecule has 2 nitrogen and oxygen atoms in total. The highest BCUT2D eigenvalue weighted by atomic mass is 35.5. The van der Waals surface area contributed by atoms with Crippen molar-refractivity contribution in [3.63, 3.8) is 0 Å². The monoisotopic (exact) mass is 263 g/mol. The molecule has 18 heavy (non-hydrogen) atoms. The summed E-state index contributed by atoms with van der Waals surface area (Å²) < 4.78 is 0. The molecule has 0 saturated carbocycles. The molecular weight excluding hydrogens is 246 g/mol. The van der Waals surface area contributed by atoms with Gasteiger partial charge in [-0.2, -0.15) is 0 Å². The molecule has 0 bridgehead atoms. The zero-order valence-corrected chi connectivity index (χ0v) is 11.4. The first-order valence-corrected chi connectivity index (χ1v) is 6.79. The second-order valence-electron chi connectivity index (χ2n) is 4.73. The van der Waals surface area contributed by atoms with Gasteiger partial charge in [-0.05, 0) is 43.9 Å². The van der Waals surface area contributed by atoms with E-state index in [0.717, 1.165) is 24.9 Å². The molecule has 0 aliphatic carbocycles. The van der Waals surface area contributed by atoms with Gasteiger partial charge in [0.15, 0.2) is 0 Å². The fraction of sp³-hybridized carbons (Fsp3) is 0.400. The first-order valence-electron chi connectivity index (χ1n) is 6.41. The van der Waals surface area contributed by atoms with E-state index in [0.29, 0.717) is 11.1 Å². The minimum atomic E-state index is 0.0853. The van der Waals surface area contributed by atoms with E-state index in [4.69, 9.17) is 11.6 Å². The fourth-order valence-electron chi connectivity index (χ4n) is 2.29. The van der Waals surface area contributed by atoms with Crippen LogP contribution < -0.4 is 0 Å². The third kappa shape index (κ3) is 3.14. The molecule has 0 spiro atoms. The van der Waals surface area contributed by atoms with E-state index in [1.54, 1.807) is 12.2 Å². The van der Waals surface area contributed by atoms with Crippen LogP contribution in [0.25, 0.3) is 6.08 Å². The Hall–Kier alpha value is -1.28. The highest BCUT2D eigenvalue weighted by Gasteiger charge is 2.21. The van der Waals surface area contributed by atoms with Crippen molar-refractivity contribution in [3.8, 4) is 0 Å². The van der Waals surface area contributed by atoms with E-state index in [2.05, 4.69) is 6.92 Å². The molecule has 1 aromatic carbocycles. The molecule has 96 valence electrons. The summed E-state index contributed by atoms with van der Waals surface area (Å²) in [7, 11) is 0. The highest BCUT2D eigenvalue weighted by Crippen LogP contribution is 2.19. The number of halogens is 1. The highest BCUT2D eigenvalue weighted by molar-refractivity contribution is 6.32. The summed E-state index contributed by atoms with van der Waals surface area (Å²) in [5.74, 6) is 0.0853. The van der Waals surface area contributed by atoms with Crippen LogP contribution in [0.1, 0.15) is 31.7 Å². The molecule has 1 aliphatic heterocycles. The number of piperidine rings is 1. The Morgan fingerprint density at radius 3 is 2.89 bits per heavy atom. The summed E-state index contributed by atoms with van der Waals surface area (Å²) >= 11 is 6.05. The first kappa shape index (κ1) is 13.2. The maximum atomic E-state index is 12.1. The molecule has 2 rings (SSSR count). The van der Waals surface area contributed by atoms with E-state index >= 15 is 0 Å². The Morgan fingerprint density at radius 1 is 1.39 bits per heavy atom. The zero-order chi connectivity index (χ0) is 13.0. The van der Waals surface area contributed by atoms with Crippen LogP contribution >= 0.6 is 11.6 Å². The van der Waals surface area contributed by atoms with E-state index in [-0.39, 0.29) is 5.91 Å². The number of carbonyl (C=O) groups excluding carboxylic acids is 1. The quantitative estimate of drug-likeness (QED) is 0.744. The van der Waals surface area contributed by atoms with Gasteiger partial charge in [0.1, 0.15) is 0 Å². The lowest BCUT2D eigenvalue weighted by molar-refractivity contribution is -0.129. The smallest absolute Gasteiger partial charge is 0.246 e. The fourth-order valence-corrected chi connectivity index (χ4v) is 2.49. The van der Waals surface area contributed by atoms with Crippen molar-refractivity contribution in [1.29, 1.82) is 0 Å². The summed E-state index contributed by atoms with van der Waals surface area (Å²) in [5, 5.41) is 0.674. The van der Waals surface area contributed by atoms with Crippen molar-refractivity contribution in [2.24, 2.45) is 0 Å². The lowest BCUT2D eigenvalue weighted by Gasteiger charge is -2.32. The molecule has 1 fully saturated rings. The summed E-state index contributed by atoms with van der Waals surface area (Å²) in [6, 6.07) is 7.89. The Kier molecular flexibility index (Phi) is 4.43. The van der Waals surface area contributed by atoms with E-state index in [1.165, 1.54) is 6.42 Å². The second-order valence-corrected chi connectivity index (χ2v) is 5.14. The molecule has 1 aromatic rings. The standard InChI is InChI=1S/C15H18ClNO/c1-12-6-4-5-11-17(12)15(18)10-9-13-7-2-3-8-14(13)16/h2-3,7-10,12H,4-6,11H2,1H3/b10-9+/t12-/m0/s1. The van der Waals surface area contributed by atoms with Gasteiger partial charge in [-0.3, -0.25) is 4.79 Å². The van der Waals surface area contributed by atoms with Crippen LogP contribution in [0.4, 0.5) is 0 Å². The number of carbonyl (C=O) groups is 1. The predicted molar refractivity (Wildman–Crippen MR) is 75.5 cm³/mol. The van der Waals surface area contributed by atoms with Gasteiger partial charge in [0.05, 0.1) is 0 Å². The normalized spacial score (nSPS) is 20.3. The van der Waals surface area contributed by atoms with Crippen molar-refractivity contribution in [1.82, 2.24) is 4.90 Å². The predicted octanol–water partition coefficient (Wildman–Crippen LogP) is 3.75. The van der Waals surface area contributed by atoms with Gasteiger partial charge < -0.3 is 4.90 Å². The van der Waals surface area contributed by atoms with Crippen molar-refractivity contribution in [2.45, 2.75) is 32.2 Å². The largest absolute Gasteiger partial charge is 0.336 e. The molecular formula is C15H18ClNO. The SMILES string of the molecule is C[C@H]1CCCCN1C(=O)/C=C/c1ccccc1Cl. The Morgan fingerprint density at radius 2 is 2.17 bits per heavy atom. The number of amides is 1. The van der Waals surface area contributed by atoms with Crippen LogP contribution in [-0.4, -0.2) is 23.4 Å². The summed E-state index contributed by atoms with van der Waals surface area (Å²) in [5.41, 5.74) is 0.886. The van der Waals surface area contributed by atoms with Gasteiger partial charge in [-0.25, -0.2) is 0 Å². The van der Waals surface area contributed by atoms with E-state index in [1.807, 2.05) is 29.2 Å². The molecule has 1 heterocycles. The van der Waals surface area contributed by atoms with Gasteiger partial charge in [0.25, 0.3) is 0 Å². The van der Waals surface area contributed by atoms with Crippen LogP contribution in [0, 0.1) is 0 Å². The number of rotatable bonds is 2. The first-order chi connectivity index (χ1) is 8.68. The number of benzene rings is 1. The lowest BCUT2D eigenvalue weighted by atomic mass is 10.0. The lowest BCUT2D eigenvalue weighted by Crippen LogP contribution is -2.41. The molecule has 1 saturated heterocycles. The third-order valence-electron chi connectivity index (χ3n) is 3.40. The molecule has 1 aliphatic rings. The number of nitrogens with zero attached hydrogens (tertiary/aromatic N) is 1. The minimum Gasteiger partial charge on any atom is -0.336 e. The Labute approximate surface area is 113 Å². The average Bonchev–Trinajstić information content (AvgIpc) is 2.38. The Bertz CT molecular complexity index is 456. The van der Waals surface area contributed by atoms with E-state index < -0.39 is 0 Å². The van der Waals surface area contributed by atoms with E-state index in [9.17, 15) is 4.79 Å². The molecule has 3 heteroatoms. The molecule has 1 amide bonds. The Balaban J connectivity index is 2.05. The molecule has 0 radical (unpaired) electrons. The van der Waals surface area contributed by atoms with Crippen LogP contribution in [0.15, 0.2) is 30.3 Å². The second kappa shape index (κ2) is 6.05. The number of likely N-dealkylation sites (tertiary alicyclic amines) is 1. The molecule has 0 N–H and O–H groups in total. The maximum absolute atomic E-state index is 12.1.